The number of rotatable bonds is 8. The minimum absolute atomic E-state index is 0. The summed E-state index contributed by atoms with van der Waals surface area (Å²) in [5.41, 5.74) is 3.37. The summed E-state index contributed by atoms with van der Waals surface area (Å²) in [5, 5.41) is 6.64. The molecule has 0 radical (unpaired) electrons. The van der Waals surface area contributed by atoms with Gasteiger partial charge in [0, 0.05) is 25.8 Å². The monoisotopic (exact) mass is 483 g/mol. The SMILES string of the molecule is CCNC(=NCc1ccc(C)cc1OC)NCC(OC)c1ccccc1.I. The summed E-state index contributed by atoms with van der Waals surface area (Å²) in [4.78, 5) is 4.68. The van der Waals surface area contributed by atoms with Crippen LogP contribution in [0.1, 0.15) is 29.7 Å². The highest BCUT2D eigenvalue weighted by atomic mass is 127. The Bertz CT molecular complexity index is 708. The van der Waals surface area contributed by atoms with Crippen molar-refractivity contribution in [2.45, 2.75) is 26.5 Å². The van der Waals surface area contributed by atoms with Crippen molar-refractivity contribution >= 4 is 29.9 Å². The molecule has 2 rings (SSSR count). The first-order valence-corrected chi connectivity index (χ1v) is 8.91. The van der Waals surface area contributed by atoms with Crippen molar-refractivity contribution in [1.82, 2.24) is 10.6 Å². The summed E-state index contributed by atoms with van der Waals surface area (Å²) >= 11 is 0. The molecule has 27 heavy (non-hydrogen) atoms. The van der Waals surface area contributed by atoms with Crippen LogP contribution in [0.2, 0.25) is 0 Å². The van der Waals surface area contributed by atoms with Gasteiger partial charge in [-0.3, -0.25) is 0 Å². The van der Waals surface area contributed by atoms with Gasteiger partial charge in [0.25, 0.3) is 0 Å². The number of hydrogen-bond acceptors (Lipinski definition) is 3. The summed E-state index contributed by atoms with van der Waals surface area (Å²) in [6.45, 7) is 6.07. The van der Waals surface area contributed by atoms with Crippen molar-refractivity contribution in [3.8, 4) is 5.75 Å². The number of nitrogens with zero attached hydrogens (tertiary/aromatic N) is 1. The molecule has 0 bridgehead atoms. The third kappa shape index (κ3) is 7.38. The minimum Gasteiger partial charge on any atom is -0.496 e. The highest BCUT2D eigenvalue weighted by molar-refractivity contribution is 14.0. The molecule has 5 nitrogen and oxygen atoms in total. The van der Waals surface area contributed by atoms with Gasteiger partial charge in [0.2, 0.25) is 0 Å². The van der Waals surface area contributed by atoms with Crippen molar-refractivity contribution in [3.63, 3.8) is 0 Å². The predicted molar refractivity (Wildman–Crippen MR) is 122 cm³/mol. The van der Waals surface area contributed by atoms with E-state index in [9.17, 15) is 0 Å². The van der Waals surface area contributed by atoms with Crippen LogP contribution in [0.25, 0.3) is 0 Å². The Labute approximate surface area is 179 Å². The molecule has 0 saturated carbocycles. The summed E-state index contributed by atoms with van der Waals surface area (Å²) < 4.78 is 11.1. The van der Waals surface area contributed by atoms with E-state index in [1.54, 1.807) is 14.2 Å². The van der Waals surface area contributed by atoms with E-state index in [1.807, 2.05) is 24.3 Å². The van der Waals surface area contributed by atoms with Crippen LogP contribution in [-0.2, 0) is 11.3 Å². The lowest BCUT2D eigenvalue weighted by molar-refractivity contribution is 0.106. The normalized spacial score (nSPS) is 12.1. The number of nitrogens with one attached hydrogen (secondary N) is 2. The number of hydrogen-bond donors (Lipinski definition) is 2. The van der Waals surface area contributed by atoms with Gasteiger partial charge in [0.05, 0.1) is 19.8 Å². The van der Waals surface area contributed by atoms with Gasteiger partial charge < -0.3 is 20.1 Å². The highest BCUT2D eigenvalue weighted by Gasteiger charge is 2.11. The lowest BCUT2D eigenvalue weighted by Crippen LogP contribution is -2.39. The Kier molecular flexibility index (Phi) is 10.8. The Morgan fingerprint density at radius 2 is 1.81 bits per heavy atom. The maximum atomic E-state index is 5.61. The fourth-order valence-electron chi connectivity index (χ4n) is 2.68. The number of aryl methyl sites for hydroxylation is 1. The number of benzene rings is 2. The molecule has 0 aromatic heterocycles. The molecule has 1 unspecified atom stereocenters. The molecule has 0 aliphatic carbocycles. The van der Waals surface area contributed by atoms with E-state index in [0.29, 0.717) is 13.1 Å². The maximum Gasteiger partial charge on any atom is 0.191 e. The van der Waals surface area contributed by atoms with Crippen LogP contribution in [0.15, 0.2) is 53.5 Å². The van der Waals surface area contributed by atoms with Crippen LogP contribution in [0.4, 0.5) is 0 Å². The molecule has 0 heterocycles. The molecule has 0 fully saturated rings. The highest BCUT2D eigenvalue weighted by Crippen LogP contribution is 2.20. The molecule has 0 saturated heterocycles. The van der Waals surface area contributed by atoms with Crippen LogP contribution in [-0.4, -0.2) is 33.3 Å². The smallest absolute Gasteiger partial charge is 0.191 e. The molecule has 0 aliphatic heterocycles. The lowest BCUT2D eigenvalue weighted by atomic mass is 10.1. The number of ether oxygens (including phenoxy) is 2. The Hall–Kier alpha value is -1.80. The maximum absolute atomic E-state index is 5.61. The number of halogens is 1. The number of aliphatic imine (C=N–C) groups is 1. The molecule has 0 amide bonds. The van der Waals surface area contributed by atoms with E-state index in [-0.39, 0.29) is 30.1 Å². The molecule has 0 aliphatic rings. The fraction of sp³-hybridized carbons (Fsp3) is 0.381. The van der Waals surface area contributed by atoms with E-state index in [1.165, 1.54) is 5.56 Å². The van der Waals surface area contributed by atoms with E-state index in [4.69, 9.17) is 9.47 Å². The molecular formula is C21H30IN3O2. The van der Waals surface area contributed by atoms with Crippen molar-refractivity contribution in [2.24, 2.45) is 4.99 Å². The third-order valence-electron chi connectivity index (χ3n) is 4.11. The van der Waals surface area contributed by atoms with Crippen LogP contribution in [0.5, 0.6) is 5.75 Å². The fourth-order valence-corrected chi connectivity index (χ4v) is 2.68. The van der Waals surface area contributed by atoms with Crippen LogP contribution in [0, 0.1) is 6.92 Å². The second-order valence-electron chi connectivity index (χ2n) is 6.03. The zero-order valence-corrected chi connectivity index (χ0v) is 18.8. The minimum atomic E-state index is -0.0334. The predicted octanol–water partition coefficient (Wildman–Crippen LogP) is 4.06. The molecule has 0 spiro atoms. The number of guanidine groups is 1. The second-order valence-corrected chi connectivity index (χ2v) is 6.03. The van der Waals surface area contributed by atoms with Gasteiger partial charge in [-0.2, -0.15) is 0 Å². The summed E-state index contributed by atoms with van der Waals surface area (Å²) in [6.07, 6.45) is -0.0334. The molecule has 1 atom stereocenters. The van der Waals surface area contributed by atoms with Gasteiger partial charge >= 0.3 is 0 Å². The molecular weight excluding hydrogens is 453 g/mol. The van der Waals surface area contributed by atoms with Crippen LogP contribution < -0.4 is 15.4 Å². The summed E-state index contributed by atoms with van der Waals surface area (Å²) in [7, 11) is 3.41. The Balaban J connectivity index is 0.00000364. The van der Waals surface area contributed by atoms with Gasteiger partial charge in [-0.25, -0.2) is 4.99 Å². The van der Waals surface area contributed by atoms with E-state index < -0.39 is 0 Å². The first-order valence-electron chi connectivity index (χ1n) is 8.91. The Morgan fingerprint density at radius 1 is 1.07 bits per heavy atom. The average molecular weight is 483 g/mol. The average Bonchev–Trinajstić information content (AvgIpc) is 2.67. The quantitative estimate of drug-likeness (QED) is 0.338. The van der Waals surface area contributed by atoms with Gasteiger partial charge in [-0.1, -0.05) is 42.5 Å². The molecule has 148 valence electrons. The van der Waals surface area contributed by atoms with Crippen molar-refractivity contribution in [3.05, 3.63) is 65.2 Å². The van der Waals surface area contributed by atoms with Crippen molar-refractivity contribution in [2.75, 3.05) is 27.3 Å². The van der Waals surface area contributed by atoms with Crippen molar-refractivity contribution in [1.29, 1.82) is 0 Å². The lowest BCUT2D eigenvalue weighted by Gasteiger charge is -2.19. The first kappa shape index (κ1) is 23.2. The van der Waals surface area contributed by atoms with Crippen molar-refractivity contribution < 1.29 is 9.47 Å². The zero-order chi connectivity index (χ0) is 18.8. The number of methoxy groups -OCH3 is 2. The molecule has 2 N–H and O–H groups in total. The van der Waals surface area contributed by atoms with Gasteiger partial charge in [-0.15, -0.1) is 24.0 Å². The van der Waals surface area contributed by atoms with Crippen LogP contribution >= 0.6 is 24.0 Å². The van der Waals surface area contributed by atoms with E-state index in [0.717, 1.165) is 29.4 Å². The molecule has 6 heteroatoms. The van der Waals surface area contributed by atoms with E-state index in [2.05, 4.69) is 53.7 Å². The topological polar surface area (TPSA) is 54.9 Å². The summed E-state index contributed by atoms with van der Waals surface area (Å²) in [5.74, 6) is 1.62. The van der Waals surface area contributed by atoms with Crippen LogP contribution in [0.3, 0.4) is 0 Å². The third-order valence-corrected chi connectivity index (χ3v) is 4.11. The molecule has 2 aromatic carbocycles. The Morgan fingerprint density at radius 3 is 2.44 bits per heavy atom. The van der Waals surface area contributed by atoms with E-state index >= 15 is 0 Å². The standard InChI is InChI=1S/C21H29N3O2.HI/c1-5-22-21(23-14-18-12-11-16(2)13-19(18)25-3)24-15-20(26-4)17-9-7-6-8-10-17;/h6-13,20H,5,14-15H2,1-4H3,(H2,22,23,24);1H. The largest absolute Gasteiger partial charge is 0.496 e. The van der Waals surface area contributed by atoms with Gasteiger partial charge in [0.15, 0.2) is 5.96 Å². The second kappa shape index (κ2) is 12.6. The summed E-state index contributed by atoms with van der Waals surface area (Å²) in [6, 6.07) is 16.3. The first-order chi connectivity index (χ1) is 12.7. The van der Waals surface area contributed by atoms with Gasteiger partial charge in [-0.05, 0) is 31.0 Å². The molecule has 2 aromatic rings. The zero-order valence-electron chi connectivity index (χ0n) is 16.5. The van der Waals surface area contributed by atoms with Gasteiger partial charge in [0.1, 0.15) is 5.75 Å².